The van der Waals surface area contributed by atoms with Gasteiger partial charge in [-0.1, -0.05) is 17.7 Å². The molecular weight excluding hydrogens is 470 g/mol. The van der Waals surface area contributed by atoms with E-state index < -0.39 is 10.0 Å². The summed E-state index contributed by atoms with van der Waals surface area (Å²) in [7, 11) is -0.717. The summed E-state index contributed by atoms with van der Waals surface area (Å²) in [6.07, 6.45) is 0.0173. The summed E-state index contributed by atoms with van der Waals surface area (Å²) in [6.45, 7) is 1.48. The fourth-order valence-electron chi connectivity index (χ4n) is 3.48. The van der Waals surface area contributed by atoms with Crippen molar-refractivity contribution in [3.63, 3.8) is 0 Å². The summed E-state index contributed by atoms with van der Waals surface area (Å²) < 4.78 is 37.5. The van der Waals surface area contributed by atoms with Crippen molar-refractivity contribution in [2.24, 2.45) is 0 Å². The molecular formula is C22H26ClN3O6S. The summed E-state index contributed by atoms with van der Waals surface area (Å²) in [6, 6.07) is 10.9. The number of piperazine rings is 1. The third kappa shape index (κ3) is 6.16. The van der Waals surface area contributed by atoms with E-state index in [0.29, 0.717) is 48.3 Å². The topological polar surface area (TPSA) is 105 Å². The van der Waals surface area contributed by atoms with Crippen molar-refractivity contribution in [3.8, 4) is 11.5 Å². The lowest BCUT2D eigenvalue weighted by atomic mass is 10.1. The molecule has 2 aromatic carbocycles. The lowest BCUT2D eigenvalue weighted by Crippen LogP contribution is -2.51. The molecule has 178 valence electrons. The van der Waals surface area contributed by atoms with Gasteiger partial charge in [0.25, 0.3) is 5.91 Å². The smallest absolute Gasteiger partial charge is 0.254 e. The Balaban J connectivity index is 1.49. The zero-order chi connectivity index (χ0) is 24.0. The minimum Gasteiger partial charge on any atom is -0.493 e. The van der Waals surface area contributed by atoms with Crippen LogP contribution in [0.5, 0.6) is 11.5 Å². The Morgan fingerprint density at radius 2 is 1.64 bits per heavy atom. The van der Waals surface area contributed by atoms with Crippen LogP contribution in [0.3, 0.4) is 0 Å². The number of benzene rings is 2. The molecule has 0 atom stereocenters. The van der Waals surface area contributed by atoms with Crippen molar-refractivity contribution in [2.45, 2.75) is 11.3 Å². The predicted molar refractivity (Wildman–Crippen MR) is 123 cm³/mol. The molecule has 0 aromatic heterocycles. The summed E-state index contributed by atoms with van der Waals surface area (Å²) >= 11 is 5.85. The van der Waals surface area contributed by atoms with Gasteiger partial charge in [-0.15, -0.1) is 0 Å². The van der Waals surface area contributed by atoms with E-state index >= 15 is 0 Å². The van der Waals surface area contributed by atoms with Crippen molar-refractivity contribution in [1.29, 1.82) is 0 Å². The van der Waals surface area contributed by atoms with Crippen molar-refractivity contribution in [2.75, 3.05) is 46.9 Å². The first-order chi connectivity index (χ1) is 15.7. The van der Waals surface area contributed by atoms with E-state index in [1.165, 1.54) is 26.4 Å². The fourth-order valence-corrected chi connectivity index (χ4v) is 4.81. The first kappa shape index (κ1) is 24.8. The number of rotatable bonds is 8. The number of methoxy groups -OCH3 is 2. The van der Waals surface area contributed by atoms with Crippen molar-refractivity contribution in [3.05, 3.63) is 53.1 Å². The Morgan fingerprint density at radius 1 is 0.970 bits per heavy atom. The van der Waals surface area contributed by atoms with Crippen LogP contribution in [0, 0.1) is 0 Å². The van der Waals surface area contributed by atoms with Crippen LogP contribution in [0.25, 0.3) is 0 Å². The van der Waals surface area contributed by atoms with E-state index in [4.69, 9.17) is 21.1 Å². The van der Waals surface area contributed by atoms with Gasteiger partial charge in [-0.2, -0.15) is 0 Å². The van der Waals surface area contributed by atoms with Gasteiger partial charge >= 0.3 is 0 Å². The molecule has 1 N–H and O–H groups in total. The fraction of sp³-hybridized carbons (Fsp3) is 0.364. The molecule has 0 spiro atoms. The van der Waals surface area contributed by atoms with Crippen LogP contribution in [0.2, 0.25) is 5.02 Å². The highest BCUT2D eigenvalue weighted by Crippen LogP contribution is 2.28. The summed E-state index contributed by atoms with van der Waals surface area (Å²) in [5, 5.41) is 0.314. The SMILES string of the molecule is COc1ccc(C(=O)N2CCN(C(=O)CCNS(=O)(=O)c3cccc(Cl)c3)CC2)cc1OC. The van der Waals surface area contributed by atoms with Gasteiger partial charge in [0.15, 0.2) is 11.5 Å². The maximum absolute atomic E-state index is 12.8. The number of ether oxygens (including phenoxy) is 2. The molecule has 0 unspecified atom stereocenters. The zero-order valence-corrected chi connectivity index (χ0v) is 20.0. The van der Waals surface area contributed by atoms with Gasteiger partial charge in [0.2, 0.25) is 15.9 Å². The maximum Gasteiger partial charge on any atom is 0.254 e. The van der Waals surface area contributed by atoms with Gasteiger partial charge in [-0.25, -0.2) is 13.1 Å². The normalized spacial score (nSPS) is 14.2. The lowest BCUT2D eigenvalue weighted by Gasteiger charge is -2.35. The quantitative estimate of drug-likeness (QED) is 0.600. The molecule has 33 heavy (non-hydrogen) atoms. The Morgan fingerprint density at radius 3 is 2.27 bits per heavy atom. The molecule has 9 nitrogen and oxygen atoms in total. The van der Waals surface area contributed by atoms with E-state index in [9.17, 15) is 18.0 Å². The van der Waals surface area contributed by atoms with Crippen LogP contribution >= 0.6 is 11.6 Å². The molecule has 0 bridgehead atoms. The van der Waals surface area contributed by atoms with E-state index in [1.807, 2.05) is 0 Å². The van der Waals surface area contributed by atoms with E-state index in [2.05, 4.69) is 4.72 Å². The molecule has 1 heterocycles. The van der Waals surface area contributed by atoms with E-state index in [1.54, 1.807) is 40.1 Å². The number of hydrogen-bond acceptors (Lipinski definition) is 6. The van der Waals surface area contributed by atoms with Crippen LogP contribution in [0.4, 0.5) is 0 Å². The number of sulfonamides is 1. The Hall–Kier alpha value is -2.82. The minimum absolute atomic E-state index is 0.0173. The number of nitrogens with one attached hydrogen (secondary N) is 1. The van der Waals surface area contributed by atoms with Gasteiger partial charge in [-0.3, -0.25) is 9.59 Å². The molecule has 1 fully saturated rings. The number of carbonyl (C=O) groups excluding carboxylic acids is 2. The Bertz CT molecular complexity index is 1120. The third-order valence-corrected chi connectivity index (χ3v) is 6.98. The van der Waals surface area contributed by atoms with Crippen LogP contribution in [0.1, 0.15) is 16.8 Å². The molecule has 2 amide bonds. The van der Waals surface area contributed by atoms with Gasteiger partial charge in [0, 0.05) is 49.7 Å². The van der Waals surface area contributed by atoms with Crippen molar-refractivity contribution < 1.29 is 27.5 Å². The highest BCUT2D eigenvalue weighted by Gasteiger charge is 2.25. The molecule has 1 saturated heterocycles. The lowest BCUT2D eigenvalue weighted by molar-refractivity contribution is -0.132. The molecule has 2 aromatic rings. The number of carbonyl (C=O) groups is 2. The average molecular weight is 496 g/mol. The highest BCUT2D eigenvalue weighted by molar-refractivity contribution is 7.89. The molecule has 11 heteroatoms. The van der Waals surface area contributed by atoms with Gasteiger partial charge in [-0.05, 0) is 36.4 Å². The third-order valence-electron chi connectivity index (χ3n) is 5.29. The largest absolute Gasteiger partial charge is 0.493 e. The average Bonchev–Trinajstić information content (AvgIpc) is 2.83. The number of nitrogens with zero attached hydrogens (tertiary/aromatic N) is 2. The predicted octanol–water partition coefficient (Wildman–Crippen LogP) is 2.01. The van der Waals surface area contributed by atoms with Crippen LogP contribution < -0.4 is 14.2 Å². The number of hydrogen-bond donors (Lipinski definition) is 1. The van der Waals surface area contributed by atoms with E-state index in [0.717, 1.165) is 0 Å². The molecule has 0 saturated carbocycles. The molecule has 1 aliphatic rings. The molecule has 3 rings (SSSR count). The highest BCUT2D eigenvalue weighted by atomic mass is 35.5. The second-order valence-corrected chi connectivity index (χ2v) is 9.55. The van der Waals surface area contributed by atoms with Crippen LogP contribution in [-0.2, 0) is 14.8 Å². The maximum atomic E-state index is 12.8. The van der Waals surface area contributed by atoms with Crippen LogP contribution in [-0.4, -0.2) is 77.0 Å². The van der Waals surface area contributed by atoms with Gasteiger partial charge < -0.3 is 19.3 Å². The molecule has 1 aliphatic heterocycles. The summed E-state index contributed by atoms with van der Waals surface area (Å²) in [5.41, 5.74) is 0.475. The van der Waals surface area contributed by atoms with E-state index in [-0.39, 0.29) is 29.7 Å². The second kappa shape index (κ2) is 10.9. The summed E-state index contributed by atoms with van der Waals surface area (Å²) in [5.74, 6) is 0.673. The first-order valence-electron chi connectivity index (χ1n) is 10.3. The summed E-state index contributed by atoms with van der Waals surface area (Å²) in [4.78, 5) is 28.7. The number of amides is 2. The molecule has 0 aliphatic carbocycles. The van der Waals surface area contributed by atoms with Crippen LogP contribution in [0.15, 0.2) is 47.4 Å². The van der Waals surface area contributed by atoms with Crippen molar-refractivity contribution >= 4 is 33.4 Å². The minimum atomic E-state index is -3.75. The molecule has 0 radical (unpaired) electrons. The zero-order valence-electron chi connectivity index (χ0n) is 18.4. The Labute approximate surface area is 198 Å². The number of halogens is 1. The monoisotopic (exact) mass is 495 g/mol. The van der Waals surface area contributed by atoms with Gasteiger partial charge in [0.05, 0.1) is 19.1 Å². The van der Waals surface area contributed by atoms with Crippen molar-refractivity contribution in [1.82, 2.24) is 14.5 Å². The van der Waals surface area contributed by atoms with Gasteiger partial charge in [0.1, 0.15) is 0 Å². The first-order valence-corrected chi connectivity index (χ1v) is 12.2. The standard InChI is InChI=1S/C22H26ClN3O6S/c1-31-19-7-6-16(14-20(19)32-2)22(28)26-12-10-25(11-13-26)21(27)8-9-24-33(29,30)18-5-3-4-17(23)15-18/h3-7,14-15,24H,8-13H2,1-2H3. The Kier molecular flexibility index (Phi) is 8.17. The second-order valence-electron chi connectivity index (χ2n) is 7.35.